The zero-order chi connectivity index (χ0) is 27.6. The number of hydrogen-bond donors (Lipinski definition) is 0. The Labute approximate surface area is 224 Å². The van der Waals surface area contributed by atoms with Gasteiger partial charge in [-0.05, 0) is 87.6 Å². The van der Waals surface area contributed by atoms with Gasteiger partial charge in [0, 0.05) is 18.3 Å². The molecule has 2 aromatic carbocycles. The van der Waals surface area contributed by atoms with Crippen molar-refractivity contribution in [2.24, 2.45) is 0 Å². The summed E-state index contributed by atoms with van der Waals surface area (Å²) in [6.07, 6.45) is 6.53. The maximum absolute atomic E-state index is 12.5. The van der Waals surface area contributed by atoms with Gasteiger partial charge in [-0.3, -0.25) is 0 Å². The first kappa shape index (κ1) is 30.3. The van der Waals surface area contributed by atoms with Crippen molar-refractivity contribution in [1.82, 2.24) is 0 Å². The van der Waals surface area contributed by atoms with Crippen LogP contribution in [0.5, 0.6) is 11.5 Å². The Balaban J connectivity index is 1.67. The molecule has 204 valence electrons. The van der Waals surface area contributed by atoms with Gasteiger partial charge in [0.1, 0.15) is 18.1 Å². The van der Waals surface area contributed by atoms with Crippen molar-refractivity contribution in [3.63, 3.8) is 0 Å². The van der Waals surface area contributed by atoms with E-state index in [4.69, 9.17) is 23.7 Å². The third-order valence-corrected chi connectivity index (χ3v) is 5.16. The number of ether oxygens (including phenoxy) is 5. The molecule has 0 saturated carbocycles. The van der Waals surface area contributed by atoms with Crippen LogP contribution >= 0.6 is 0 Å². The van der Waals surface area contributed by atoms with Gasteiger partial charge in [-0.2, -0.15) is 0 Å². The highest BCUT2D eigenvalue weighted by molar-refractivity contribution is 5.91. The van der Waals surface area contributed by atoms with Crippen molar-refractivity contribution in [2.45, 2.75) is 39.5 Å². The van der Waals surface area contributed by atoms with E-state index in [1.807, 2.05) is 6.92 Å². The highest BCUT2D eigenvalue weighted by Crippen LogP contribution is 2.18. The molecule has 0 aliphatic carbocycles. The molecule has 0 heterocycles. The first-order chi connectivity index (χ1) is 18.4. The van der Waals surface area contributed by atoms with E-state index in [1.54, 1.807) is 61.5 Å². The Morgan fingerprint density at radius 2 is 1.45 bits per heavy atom. The van der Waals surface area contributed by atoms with Crippen molar-refractivity contribution < 1.29 is 38.1 Å². The molecule has 0 radical (unpaired) electrons. The molecule has 0 aromatic heterocycles. The molecule has 0 aliphatic heterocycles. The fourth-order valence-corrected chi connectivity index (χ4v) is 3.09. The summed E-state index contributed by atoms with van der Waals surface area (Å²) in [4.78, 5) is 35.4. The summed E-state index contributed by atoms with van der Waals surface area (Å²) in [5, 5.41) is 0. The predicted octanol–water partition coefficient (Wildman–Crippen LogP) is 5.56. The summed E-state index contributed by atoms with van der Waals surface area (Å²) in [5.41, 5.74) is 1.57. The smallest absolute Gasteiger partial charge is 0.343 e. The van der Waals surface area contributed by atoms with Crippen LogP contribution in [-0.4, -0.2) is 50.9 Å². The van der Waals surface area contributed by atoms with Crippen LogP contribution in [0.3, 0.4) is 0 Å². The first-order valence-electron chi connectivity index (χ1n) is 12.7. The van der Waals surface area contributed by atoms with Crippen LogP contribution in [0.15, 0.2) is 66.8 Å². The van der Waals surface area contributed by atoms with E-state index in [1.165, 1.54) is 6.08 Å². The number of hydrogen-bond acceptors (Lipinski definition) is 8. The molecule has 0 spiro atoms. The van der Waals surface area contributed by atoms with Gasteiger partial charge in [-0.25, -0.2) is 14.4 Å². The minimum absolute atomic E-state index is 0.205. The molecular formula is C30H36O8. The second kappa shape index (κ2) is 17.5. The van der Waals surface area contributed by atoms with E-state index in [0.717, 1.165) is 31.2 Å². The summed E-state index contributed by atoms with van der Waals surface area (Å²) in [7, 11) is 0. The Bertz CT molecular complexity index is 1050. The van der Waals surface area contributed by atoms with Crippen molar-refractivity contribution in [2.75, 3.05) is 33.0 Å². The van der Waals surface area contributed by atoms with Crippen LogP contribution in [0.2, 0.25) is 0 Å². The number of unbranched alkanes of at least 4 members (excludes halogenated alkanes) is 3. The summed E-state index contributed by atoms with van der Waals surface area (Å²) in [6, 6.07) is 13.5. The maximum atomic E-state index is 12.5. The van der Waals surface area contributed by atoms with Crippen molar-refractivity contribution >= 4 is 24.0 Å². The minimum Gasteiger partial charge on any atom is -0.494 e. The average molecular weight is 525 g/mol. The molecular weight excluding hydrogens is 488 g/mol. The minimum atomic E-state index is -0.481. The largest absolute Gasteiger partial charge is 0.494 e. The highest BCUT2D eigenvalue weighted by Gasteiger charge is 2.09. The number of esters is 3. The second-order valence-electron chi connectivity index (χ2n) is 8.36. The van der Waals surface area contributed by atoms with Gasteiger partial charge in [0.2, 0.25) is 0 Å². The molecule has 0 N–H and O–H groups in total. The Kier molecular flexibility index (Phi) is 14.0. The van der Waals surface area contributed by atoms with Crippen LogP contribution in [0.25, 0.3) is 6.08 Å². The fourth-order valence-electron chi connectivity index (χ4n) is 3.09. The zero-order valence-corrected chi connectivity index (χ0v) is 22.1. The van der Waals surface area contributed by atoms with Gasteiger partial charge in [-0.15, -0.1) is 0 Å². The van der Waals surface area contributed by atoms with Crippen molar-refractivity contribution in [3.05, 3.63) is 77.9 Å². The number of rotatable bonds is 17. The van der Waals surface area contributed by atoms with Crippen LogP contribution in [0.4, 0.5) is 0 Å². The third-order valence-electron chi connectivity index (χ3n) is 5.16. The Morgan fingerprint density at radius 3 is 2.11 bits per heavy atom. The number of carbonyl (C=O) groups is 3. The summed E-state index contributed by atoms with van der Waals surface area (Å²) in [5.74, 6) is -0.223. The first-order valence-corrected chi connectivity index (χ1v) is 12.7. The lowest BCUT2D eigenvalue weighted by Gasteiger charge is -2.08. The van der Waals surface area contributed by atoms with Gasteiger partial charge in [-0.1, -0.05) is 18.7 Å². The fraction of sp³-hybridized carbons (Fsp3) is 0.367. The van der Waals surface area contributed by atoms with E-state index >= 15 is 0 Å². The molecule has 0 fully saturated rings. The molecule has 0 amide bonds. The van der Waals surface area contributed by atoms with Crippen LogP contribution < -0.4 is 9.47 Å². The van der Waals surface area contributed by atoms with Gasteiger partial charge >= 0.3 is 17.9 Å². The highest BCUT2D eigenvalue weighted by atomic mass is 16.6. The van der Waals surface area contributed by atoms with Gasteiger partial charge in [0.05, 0.1) is 25.4 Å². The zero-order valence-electron chi connectivity index (χ0n) is 22.1. The van der Waals surface area contributed by atoms with E-state index in [0.29, 0.717) is 49.1 Å². The van der Waals surface area contributed by atoms with Crippen LogP contribution in [0, 0.1) is 0 Å². The molecule has 2 rings (SSSR count). The topological polar surface area (TPSA) is 97.4 Å². The molecule has 0 bridgehead atoms. The summed E-state index contributed by atoms with van der Waals surface area (Å²) < 4.78 is 26.3. The predicted molar refractivity (Wildman–Crippen MR) is 144 cm³/mol. The third kappa shape index (κ3) is 12.4. The summed E-state index contributed by atoms with van der Waals surface area (Å²) >= 11 is 0. The summed E-state index contributed by atoms with van der Waals surface area (Å²) in [6.45, 7) is 9.15. The molecule has 38 heavy (non-hydrogen) atoms. The SMILES string of the molecule is C=C(C)C(=O)OCCCCCCOc1ccc(C(=O)Oc2ccc(C=CC(=O)OCCOCC)cc2)cc1. The molecule has 0 saturated heterocycles. The number of carbonyl (C=O) groups excluding carboxylic acids is 3. The lowest BCUT2D eigenvalue weighted by atomic mass is 10.2. The van der Waals surface area contributed by atoms with E-state index < -0.39 is 11.9 Å². The Hall–Kier alpha value is -3.91. The molecule has 0 unspecified atom stereocenters. The normalized spacial score (nSPS) is 10.7. The number of benzene rings is 2. The molecule has 0 atom stereocenters. The van der Waals surface area contributed by atoms with Crippen LogP contribution in [0.1, 0.15) is 55.5 Å². The lowest BCUT2D eigenvalue weighted by Crippen LogP contribution is -2.08. The lowest BCUT2D eigenvalue weighted by molar-refractivity contribution is -0.140. The van der Waals surface area contributed by atoms with E-state index in [2.05, 4.69) is 6.58 Å². The van der Waals surface area contributed by atoms with Crippen molar-refractivity contribution in [3.8, 4) is 11.5 Å². The van der Waals surface area contributed by atoms with Gasteiger partial charge in [0.25, 0.3) is 0 Å². The van der Waals surface area contributed by atoms with Gasteiger partial charge < -0.3 is 23.7 Å². The molecule has 0 aliphatic rings. The standard InChI is InChI=1S/C30H36O8/c1-4-34-21-22-36-28(31)18-11-24-9-14-27(15-10-24)38-30(33)25-12-16-26(17-13-25)35-19-7-5-6-8-20-37-29(32)23(2)3/h9-18H,2,4-8,19-22H2,1,3H3. The maximum Gasteiger partial charge on any atom is 0.343 e. The van der Waals surface area contributed by atoms with Gasteiger partial charge in [0.15, 0.2) is 0 Å². The average Bonchev–Trinajstić information content (AvgIpc) is 2.92. The van der Waals surface area contributed by atoms with Crippen molar-refractivity contribution in [1.29, 1.82) is 0 Å². The van der Waals surface area contributed by atoms with E-state index in [9.17, 15) is 14.4 Å². The Morgan fingerprint density at radius 1 is 0.789 bits per heavy atom. The molecule has 8 nitrogen and oxygen atoms in total. The second-order valence-corrected chi connectivity index (χ2v) is 8.36. The molecule has 8 heteroatoms. The van der Waals surface area contributed by atoms with E-state index in [-0.39, 0.29) is 12.6 Å². The van der Waals surface area contributed by atoms with Crippen LogP contribution in [-0.2, 0) is 23.8 Å². The monoisotopic (exact) mass is 524 g/mol. The quantitative estimate of drug-likeness (QED) is 0.115. The molecule has 2 aromatic rings.